The van der Waals surface area contributed by atoms with Gasteiger partial charge in [-0.3, -0.25) is 4.79 Å². The largest absolute Gasteiger partial charge is 0.393 e. The number of ether oxygens (including phenoxy) is 1. The fourth-order valence-corrected chi connectivity index (χ4v) is 1.85. The number of hydrogen-bond acceptors (Lipinski definition) is 3. The van der Waals surface area contributed by atoms with Gasteiger partial charge in [-0.05, 0) is 18.9 Å². The van der Waals surface area contributed by atoms with Crippen molar-refractivity contribution in [3.8, 4) is 0 Å². The third-order valence-corrected chi connectivity index (χ3v) is 3.11. The molecule has 13 heavy (non-hydrogen) atoms. The van der Waals surface area contributed by atoms with E-state index in [2.05, 4.69) is 0 Å². The van der Waals surface area contributed by atoms with Gasteiger partial charge in [0.1, 0.15) is 5.60 Å². The van der Waals surface area contributed by atoms with E-state index in [1.807, 2.05) is 13.0 Å². The maximum atomic E-state index is 11.4. The minimum absolute atomic E-state index is 0.0395. The van der Waals surface area contributed by atoms with E-state index >= 15 is 0 Å². The Kier molecular flexibility index (Phi) is 2.00. The van der Waals surface area contributed by atoms with Crippen LogP contribution in [0, 0.1) is 5.92 Å². The van der Waals surface area contributed by atoms with Crippen LogP contribution in [0.4, 0.5) is 0 Å². The summed E-state index contributed by atoms with van der Waals surface area (Å²) in [5, 5.41) is 9.10. The summed E-state index contributed by atoms with van der Waals surface area (Å²) in [6.45, 7) is 2.49. The quantitative estimate of drug-likeness (QED) is 0.639. The van der Waals surface area contributed by atoms with Crippen molar-refractivity contribution < 1.29 is 14.6 Å². The average molecular weight is 182 g/mol. The van der Waals surface area contributed by atoms with Crippen LogP contribution >= 0.6 is 0 Å². The van der Waals surface area contributed by atoms with Crippen LogP contribution in [0.15, 0.2) is 11.6 Å². The van der Waals surface area contributed by atoms with E-state index < -0.39 is 0 Å². The third-order valence-electron chi connectivity index (χ3n) is 3.11. The Balaban J connectivity index is 2.09. The molecule has 0 aromatic rings. The van der Waals surface area contributed by atoms with Crippen LogP contribution in [-0.2, 0) is 9.53 Å². The Morgan fingerprint density at radius 2 is 2.46 bits per heavy atom. The molecule has 1 aliphatic heterocycles. The van der Waals surface area contributed by atoms with Crippen LogP contribution in [-0.4, -0.2) is 29.7 Å². The molecule has 0 amide bonds. The molecule has 0 spiro atoms. The van der Waals surface area contributed by atoms with Crippen molar-refractivity contribution >= 4 is 5.78 Å². The monoisotopic (exact) mass is 182 g/mol. The Bertz CT molecular complexity index is 263. The van der Waals surface area contributed by atoms with E-state index in [-0.39, 0.29) is 23.9 Å². The smallest absolute Gasteiger partial charge is 0.158 e. The van der Waals surface area contributed by atoms with Gasteiger partial charge in [0.05, 0.1) is 13.2 Å². The average Bonchev–Trinajstić information content (AvgIpc) is 2.90. The summed E-state index contributed by atoms with van der Waals surface area (Å²) in [7, 11) is 0. The van der Waals surface area contributed by atoms with Gasteiger partial charge in [0.25, 0.3) is 0 Å². The van der Waals surface area contributed by atoms with Crippen molar-refractivity contribution in [2.75, 3.05) is 13.2 Å². The van der Waals surface area contributed by atoms with Crippen molar-refractivity contribution in [3.05, 3.63) is 11.6 Å². The molecule has 1 N–H and O–H groups in total. The van der Waals surface area contributed by atoms with E-state index in [1.54, 1.807) is 0 Å². The normalized spacial score (nSPS) is 38.8. The molecule has 0 saturated carbocycles. The molecule has 2 rings (SSSR count). The zero-order valence-electron chi connectivity index (χ0n) is 7.75. The van der Waals surface area contributed by atoms with Gasteiger partial charge < -0.3 is 9.84 Å². The number of aliphatic hydroxyl groups is 1. The number of hydrogen-bond donors (Lipinski definition) is 1. The van der Waals surface area contributed by atoms with Crippen LogP contribution in [0.3, 0.4) is 0 Å². The van der Waals surface area contributed by atoms with E-state index in [1.165, 1.54) is 0 Å². The van der Waals surface area contributed by atoms with Gasteiger partial charge in [-0.25, -0.2) is 0 Å². The summed E-state index contributed by atoms with van der Waals surface area (Å²) in [4.78, 5) is 11.4. The lowest BCUT2D eigenvalue weighted by molar-refractivity contribution is -0.117. The van der Waals surface area contributed by atoms with Gasteiger partial charge in [0.15, 0.2) is 5.78 Å². The van der Waals surface area contributed by atoms with Crippen LogP contribution < -0.4 is 0 Å². The summed E-state index contributed by atoms with van der Waals surface area (Å²) in [5.41, 5.74) is 0.470. The number of allylic oxidation sites excluding steroid dienone is 2. The Labute approximate surface area is 77.4 Å². The Morgan fingerprint density at radius 1 is 1.77 bits per heavy atom. The highest BCUT2D eigenvalue weighted by Gasteiger charge is 2.51. The number of ketones is 1. The lowest BCUT2D eigenvalue weighted by atomic mass is 9.81. The molecule has 0 aromatic heterocycles. The fraction of sp³-hybridized carbons (Fsp3) is 0.700. The van der Waals surface area contributed by atoms with Crippen LogP contribution in [0.2, 0.25) is 0 Å². The Morgan fingerprint density at radius 3 is 2.92 bits per heavy atom. The van der Waals surface area contributed by atoms with Crippen molar-refractivity contribution in [2.24, 2.45) is 5.92 Å². The molecule has 72 valence electrons. The maximum absolute atomic E-state index is 11.4. The number of carbonyl (C=O) groups is 1. The van der Waals surface area contributed by atoms with E-state index in [0.717, 1.165) is 12.0 Å². The number of aliphatic hydroxyl groups excluding tert-OH is 1. The molecule has 1 unspecified atom stereocenters. The predicted molar refractivity (Wildman–Crippen MR) is 47.3 cm³/mol. The highest BCUT2D eigenvalue weighted by molar-refractivity contribution is 5.95. The summed E-state index contributed by atoms with van der Waals surface area (Å²) < 4.78 is 5.24. The van der Waals surface area contributed by atoms with Gasteiger partial charge in [0, 0.05) is 12.3 Å². The van der Waals surface area contributed by atoms with Gasteiger partial charge >= 0.3 is 0 Å². The predicted octanol–water partition coefficient (Wildman–Crippen LogP) is 0.673. The zero-order chi connectivity index (χ0) is 9.47. The summed E-state index contributed by atoms with van der Waals surface area (Å²) in [6, 6.07) is 0. The third kappa shape index (κ3) is 1.42. The van der Waals surface area contributed by atoms with Gasteiger partial charge in [-0.2, -0.15) is 0 Å². The second-order valence-corrected chi connectivity index (χ2v) is 3.96. The lowest BCUT2D eigenvalue weighted by Gasteiger charge is -2.24. The first-order valence-electron chi connectivity index (χ1n) is 4.63. The molecule has 0 radical (unpaired) electrons. The van der Waals surface area contributed by atoms with Gasteiger partial charge in [-0.15, -0.1) is 0 Å². The number of Topliss-reactive ketones (excluding diaryl/α,β-unsaturated/α-hetero) is 1. The molecule has 2 atom stereocenters. The van der Waals surface area contributed by atoms with Crippen molar-refractivity contribution in [2.45, 2.75) is 25.4 Å². The lowest BCUT2D eigenvalue weighted by Crippen LogP contribution is -2.32. The maximum Gasteiger partial charge on any atom is 0.158 e. The highest BCUT2D eigenvalue weighted by atomic mass is 16.6. The van der Waals surface area contributed by atoms with E-state index in [9.17, 15) is 4.79 Å². The molecule has 0 aromatic carbocycles. The number of carbonyl (C=O) groups excluding carboxylic acids is 1. The molecular weight excluding hydrogens is 168 g/mol. The summed E-state index contributed by atoms with van der Waals surface area (Å²) >= 11 is 0. The molecule has 1 heterocycles. The molecule has 3 nitrogen and oxygen atoms in total. The molecular formula is C10H14O3. The molecule has 1 fully saturated rings. The minimum Gasteiger partial charge on any atom is -0.393 e. The second kappa shape index (κ2) is 2.93. The first kappa shape index (κ1) is 8.91. The number of epoxide rings is 1. The van der Waals surface area contributed by atoms with Crippen LogP contribution in [0.1, 0.15) is 19.8 Å². The molecule has 1 aliphatic carbocycles. The van der Waals surface area contributed by atoms with E-state index in [4.69, 9.17) is 9.84 Å². The van der Waals surface area contributed by atoms with Crippen molar-refractivity contribution in [1.29, 1.82) is 0 Å². The standard InChI is InChI=1S/C10H14O3/c1-7-2-3-8(4-9(7)12)10(5-11)6-13-10/h2,8,11H,3-6H2,1H3/t8-,10?/m0/s1. The minimum atomic E-state index is -0.382. The molecule has 2 aliphatic rings. The van der Waals surface area contributed by atoms with Crippen molar-refractivity contribution in [1.82, 2.24) is 0 Å². The zero-order valence-corrected chi connectivity index (χ0v) is 7.75. The van der Waals surface area contributed by atoms with Gasteiger partial charge in [0.2, 0.25) is 0 Å². The Hall–Kier alpha value is -0.670. The van der Waals surface area contributed by atoms with Crippen LogP contribution in [0.25, 0.3) is 0 Å². The summed E-state index contributed by atoms with van der Waals surface area (Å²) in [5.74, 6) is 0.383. The highest BCUT2D eigenvalue weighted by Crippen LogP contribution is 2.41. The van der Waals surface area contributed by atoms with Gasteiger partial charge in [-0.1, -0.05) is 6.08 Å². The fourth-order valence-electron chi connectivity index (χ4n) is 1.85. The first-order valence-corrected chi connectivity index (χ1v) is 4.63. The summed E-state index contributed by atoms with van der Waals surface area (Å²) in [6.07, 6.45) is 3.34. The first-order chi connectivity index (χ1) is 6.18. The molecule has 0 bridgehead atoms. The topological polar surface area (TPSA) is 49.8 Å². The van der Waals surface area contributed by atoms with Crippen LogP contribution in [0.5, 0.6) is 0 Å². The SMILES string of the molecule is CC1=CC[C@H](C2(CO)CO2)CC1=O. The second-order valence-electron chi connectivity index (χ2n) is 3.96. The molecule has 3 heteroatoms. The van der Waals surface area contributed by atoms with Crippen molar-refractivity contribution in [3.63, 3.8) is 0 Å². The number of rotatable bonds is 2. The van der Waals surface area contributed by atoms with E-state index in [0.29, 0.717) is 13.0 Å². The molecule has 1 saturated heterocycles.